The van der Waals surface area contributed by atoms with Crippen molar-refractivity contribution in [2.24, 2.45) is 5.92 Å². The third-order valence-corrected chi connectivity index (χ3v) is 2.94. The first-order valence-corrected chi connectivity index (χ1v) is 5.18. The van der Waals surface area contributed by atoms with E-state index in [1.54, 1.807) is 18.9 Å². The predicted octanol–water partition coefficient (Wildman–Crippen LogP) is 3.17. The highest BCUT2D eigenvalue weighted by molar-refractivity contribution is 7.81. The zero-order valence-corrected chi connectivity index (χ0v) is 9.91. The third kappa shape index (κ3) is 3.35. The van der Waals surface area contributed by atoms with Crippen molar-refractivity contribution >= 4 is 12.6 Å². The van der Waals surface area contributed by atoms with E-state index in [-0.39, 0.29) is 13.0 Å². The highest BCUT2D eigenvalue weighted by Crippen LogP contribution is 2.42. The van der Waals surface area contributed by atoms with Crippen LogP contribution in [0.4, 0.5) is 13.2 Å². The van der Waals surface area contributed by atoms with E-state index in [1.807, 2.05) is 13.8 Å². The summed E-state index contributed by atoms with van der Waals surface area (Å²) in [6.07, 6.45) is -4.00. The molecule has 2 unspecified atom stereocenters. The van der Waals surface area contributed by atoms with Crippen LogP contribution in [0.2, 0.25) is 0 Å². The maximum atomic E-state index is 12.2. The summed E-state index contributed by atoms with van der Waals surface area (Å²) in [5, 5.41) is 0. The van der Waals surface area contributed by atoms with Crippen molar-refractivity contribution in [3.63, 3.8) is 0 Å². The Kier molecular flexibility index (Phi) is 4.78. The fourth-order valence-corrected chi connectivity index (χ4v) is 1.74. The van der Waals surface area contributed by atoms with E-state index in [0.717, 1.165) is 0 Å². The molecule has 0 aliphatic carbocycles. The van der Waals surface area contributed by atoms with Gasteiger partial charge in [-0.15, -0.1) is 0 Å². The normalized spacial score (nSPS) is 33.9. The SMILES string of the molecule is CC.CN1CC(C(F)(F)F)CC1(C)S. The lowest BCUT2D eigenvalue weighted by atomic mass is 10.1. The summed E-state index contributed by atoms with van der Waals surface area (Å²) >= 11 is 4.16. The molecule has 1 heterocycles. The monoisotopic (exact) mass is 229 g/mol. The summed E-state index contributed by atoms with van der Waals surface area (Å²) in [7, 11) is 1.67. The topological polar surface area (TPSA) is 3.24 Å². The van der Waals surface area contributed by atoms with Crippen LogP contribution in [0, 0.1) is 5.92 Å². The molecular weight excluding hydrogens is 211 g/mol. The van der Waals surface area contributed by atoms with Gasteiger partial charge in [0.25, 0.3) is 0 Å². The number of hydrogen-bond donors (Lipinski definition) is 1. The van der Waals surface area contributed by atoms with Gasteiger partial charge in [-0.3, -0.25) is 4.90 Å². The second kappa shape index (κ2) is 4.75. The number of alkyl halides is 3. The van der Waals surface area contributed by atoms with E-state index in [2.05, 4.69) is 12.6 Å². The molecule has 14 heavy (non-hydrogen) atoms. The Bertz CT molecular complexity index is 179. The molecule has 0 spiro atoms. The van der Waals surface area contributed by atoms with Gasteiger partial charge >= 0.3 is 6.18 Å². The molecule has 0 amide bonds. The van der Waals surface area contributed by atoms with E-state index < -0.39 is 17.0 Å². The molecule has 1 aliphatic heterocycles. The molecule has 0 N–H and O–H groups in total. The van der Waals surface area contributed by atoms with Crippen LogP contribution in [0.15, 0.2) is 0 Å². The zero-order valence-electron chi connectivity index (χ0n) is 9.02. The highest BCUT2D eigenvalue weighted by atomic mass is 32.1. The number of rotatable bonds is 0. The summed E-state index contributed by atoms with van der Waals surface area (Å²) < 4.78 is 36.7. The number of likely N-dealkylation sites (tertiary alicyclic amines) is 1. The van der Waals surface area contributed by atoms with Gasteiger partial charge in [0.1, 0.15) is 0 Å². The smallest absolute Gasteiger partial charge is 0.292 e. The first kappa shape index (κ1) is 14.1. The summed E-state index contributed by atoms with van der Waals surface area (Å²) in [4.78, 5) is 1.02. The molecule has 86 valence electrons. The minimum absolute atomic E-state index is 0.0590. The van der Waals surface area contributed by atoms with Crippen molar-refractivity contribution in [1.29, 1.82) is 0 Å². The van der Waals surface area contributed by atoms with Crippen LogP contribution in [-0.2, 0) is 0 Å². The minimum Gasteiger partial charge on any atom is -0.292 e. The average molecular weight is 229 g/mol. The zero-order chi connectivity index (χ0) is 11.6. The van der Waals surface area contributed by atoms with Gasteiger partial charge in [0.15, 0.2) is 0 Å². The molecule has 2 atom stereocenters. The van der Waals surface area contributed by atoms with Gasteiger partial charge in [-0.2, -0.15) is 25.8 Å². The second-order valence-corrected chi connectivity index (χ2v) is 4.50. The molecule has 0 saturated carbocycles. The van der Waals surface area contributed by atoms with Crippen LogP contribution in [-0.4, -0.2) is 29.5 Å². The number of thiol groups is 1. The summed E-state index contributed by atoms with van der Waals surface area (Å²) in [6, 6.07) is 0. The highest BCUT2D eigenvalue weighted by Gasteiger charge is 2.49. The number of nitrogens with zero attached hydrogens (tertiary/aromatic N) is 1. The summed E-state index contributed by atoms with van der Waals surface area (Å²) in [6.45, 7) is 5.77. The molecule has 1 fully saturated rings. The Morgan fingerprint density at radius 1 is 1.36 bits per heavy atom. The molecule has 1 saturated heterocycles. The fraction of sp³-hybridized carbons (Fsp3) is 1.00. The van der Waals surface area contributed by atoms with Crippen molar-refractivity contribution < 1.29 is 13.2 Å². The Labute approximate surface area is 89.1 Å². The van der Waals surface area contributed by atoms with Gasteiger partial charge in [0.2, 0.25) is 0 Å². The van der Waals surface area contributed by atoms with Crippen molar-refractivity contribution in [2.45, 2.75) is 38.2 Å². The molecule has 0 aromatic rings. The van der Waals surface area contributed by atoms with Crippen molar-refractivity contribution in [2.75, 3.05) is 13.6 Å². The predicted molar refractivity (Wildman–Crippen MR) is 55.5 cm³/mol. The first-order valence-electron chi connectivity index (χ1n) is 4.74. The Morgan fingerprint density at radius 2 is 1.79 bits per heavy atom. The van der Waals surface area contributed by atoms with Crippen LogP contribution in [0.3, 0.4) is 0 Å². The Morgan fingerprint density at radius 3 is 1.93 bits per heavy atom. The standard InChI is InChI=1S/C7H12F3NS.C2H6/c1-6(12)3-5(4-11(6)2)7(8,9)10;1-2/h5,12H,3-4H2,1-2H3;1-2H3. The lowest BCUT2D eigenvalue weighted by Gasteiger charge is -2.25. The second-order valence-electron chi connectivity index (χ2n) is 3.54. The van der Waals surface area contributed by atoms with Gasteiger partial charge in [-0.05, 0) is 20.4 Å². The molecule has 1 aliphatic rings. The largest absolute Gasteiger partial charge is 0.393 e. The fourth-order valence-electron chi connectivity index (χ4n) is 1.43. The van der Waals surface area contributed by atoms with E-state index in [9.17, 15) is 13.2 Å². The average Bonchev–Trinajstić information content (AvgIpc) is 2.30. The minimum atomic E-state index is -4.07. The number of halogens is 3. The molecule has 5 heteroatoms. The van der Waals surface area contributed by atoms with Gasteiger partial charge in [-0.1, -0.05) is 13.8 Å². The van der Waals surface area contributed by atoms with E-state index in [1.165, 1.54) is 0 Å². The van der Waals surface area contributed by atoms with Crippen LogP contribution in [0.25, 0.3) is 0 Å². The lowest BCUT2D eigenvalue weighted by molar-refractivity contribution is -0.170. The molecular formula is C9H18F3NS. The third-order valence-electron chi connectivity index (χ3n) is 2.41. The summed E-state index contributed by atoms with van der Waals surface area (Å²) in [5.74, 6) is -1.22. The maximum Gasteiger partial charge on any atom is 0.393 e. The molecule has 1 nitrogen and oxygen atoms in total. The van der Waals surface area contributed by atoms with Crippen LogP contribution in [0.5, 0.6) is 0 Å². The van der Waals surface area contributed by atoms with Crippen molar-refractivity contribution in [1.82, 2.24) is 4.90 Å². The molecule has 0 radical (unpaired) electrons. The van der Waals surface area contributed by atoms with Gasteiger partial charge in [0, 0.05) is 6.54 Å². The molecule has 0 aromatic carbocycles. The van der Waals surface area contributed by atoms with Gasteiger partial charge < -0.3 is 0 Å². The van der Waals surface area contributed by atoms with E-state index in [4.69, 9.17) is 0 Å². The molecule has 0 aromatic heterocycles. The van der Waals surface area contributed by atoms with Crippen molar-refractivity contribution in [3.05, 3.63) is 0 Å². The number of hydrogen-bond acceptors (Lipinski definition) is 2. The van der Waals surface area contributed by atoms with Crippen LogP contribution < -0.4 is 0 Å². The lowest BCUT2D eigenvalue weighted by Crippen LogP contribution is -2.31. The van der Waals surface area contributed by atoms with E-state index in [0.29, 0.717) is 0 Å². The van der Waals surface area contributed by atoms with Crippen LogP contribution in [0.1, 0.15) is 27.2 Å². The maximum absolute atomic E-state index is 12.2. The summed E-state index contributed by atoms with van der Waals surface area (Å²) in [5.41, 5.74) is 0. The van der Waals surface area contributed by atoms with Gasteiger partial charge in [-0.25, -0.2) is 0 Å². The van der Waals surface area contributed by atoms with Gasteiger partial charge in [0.05, 0.1) is 10.8 Å². The Hall–Kier alpha value is 0.100. The first-order chi connectivity index (χ1) is 6.23. The van der Waals surface area contributed by atoms with Crippen LogP contribution >= 0.6 is 12.6 Å². The van der Waals surface area contributed by atoms with E-state index >= 15 is 0 Å². The molecule has 0 bridgehead atoms. The Balaban J connectivity index is 0.000000791. The van der Waals surface area contributed by atoms with Crippen molar-refractivity contribution in [3.8, 4) is 0 Å². The quantitative estimate of drug-likeness (QED) is 0.624. The molecule has 1 rings (SSSR count).